The molecule has 0 saturated carbocycles. The standard InChI is InChI=1S/C8H12IN5O/c1-14(3-2-7(10)13-15)8-11-4-6(9)5-12-8/h4-5,15H,2-3H2,1H3,(H2,10,13). The normalized spacial score (nSPS) is 11.5. The molecule has 1 rings (SSSR count). The van der Waals surface area contributed by atoms with Crippen LogP contribution in [0.5, 0.6) is 0 Å². The van der Waals surface area contributed by atoms with Gasteiger partial charge < -0.3 is 15.8 Å². The van der Waals surface area contributed by atoms with Crippen molar-refractivity contribution in [1.29, 1.82) is 0 Å². The number of hydrogen-bond donors (Lipinski definition) is 2. The Labute approximate surface area is 101 Å². The Morgan fingerprint density at radius 2 is 2.20 bits per heavy atom. The van der Waals surface area contributed by atoms with E-state index >= 15 is 0 Å². The highest BCUT2D eigenvalue weighted by Crippen LogP contribution is 2.06. The summed E-state index contributed by atoms with van der Waals surface area (Å²) in [4.78, 5) is 10.1. The summed E-state index contributed by atoms with van der Waals surface area (Å²) in [6, 6.07) is 0. The molecule has 0 aromatic carbocycles. The monoisotopic (exact) mass is 321 g/mol. The Kier molecular flexibility index (Phi) is 4.53. The quantitative estimate of drug-likeness (QED) is 0.280. The number of amidine groups is 1. The first-order valence-corrected chi connectivity index (χ1v) is 5.36. The summed E-state index contributed by atoms with van der Waals surface area (Å²) >= 11 is 2.14. The summed E-state index contributed by atoms with van der Waals surface area (Å²) in [5.41, 5.74) is 5.35. The van der Waals surface area contributed by atoms with E-state index in [4.69, 9.17) is 10.9 Å². The lowest BCUT2D eigenvalue weighted by molar-refractivity contribution is 0.317. The number of halogens is 1. The zero-order chi connectivity index (χ0) is 11.3. The second-order valence-electron chi connectivity index (χ2n) is 2.96. The highest BCUT2D eigenvalue weighted by Gasteiger charge is 2.04. The maximum Gasteiger partial charge on any atom is 0.225 e. The number of nitrogens with zero attached hydrogens (tertiary/aromatic N) is 4. The fraction of sp³-hybridized carbons (Fsp3) is 0.375. The SMILES string of the molecule is CN(CCC(N)=NO)c1ncc(I)cn1. The van der Waals surface area contributed by atoms with Gasteiger partial charge in [0, 0.05) is 36.0 Å². The molecule has 0 aliphatic carbocycles. The van der Waals surface area contributed by atoms with E-state index in [0.717, 1.165) is 3.57 Å². The zero-order valence-corrected chi connectivity index (χ0v) is 10.4. The van der Waals surface area contributed by atoms with Crippen LogP contribution in [0.2, 0.25) is 0 Å². The first-order valence-electron chi connectivity index (χ1n) is 4.28. The molecular formula is C8H12IN5O. The highest BCUT2D eigenvalue weighted by molar-refractivity contribution is 14.1. The fourth-order valence-electron chi connectivity index (χ4n) is 0.935. The zero-order valence-electron chi connectivity index (χ0n) is 8.26. The van der Waals surface area contributed by atoms with Gasteiger partial charge in [-0.3, -0.25) is 0 Å². The molecule has 3 N–H and O–H groups in total. The van der Waals surface area contributed by atoms with E-state index in [2.05, 4.69) is 37.7 Å². The van der Waals surface area contributed by atoms with Gasteiger partial charge in [-0.2, -0.15) is 0 Å². The van der Waals surface area contributed by atoms with E-state index in [1.54, 1.807) is 12.4 Å². The van der Waals surface area contributed by atoms with Gasteiger partial charge in [0.05, 0.1) is 0 Å². The average Bonchev–Trinajstić information content (AvgIpc) is 2.26. The Balaban J connectivity index is 2.53. The van der Waals surface area contributed by atoms with Crippen molar-refractivity contribution in [3.05, 3.63) is 16.0 Å². The molecule has 1 heterocycles. The van der Waals surface area contributed by atoms with Gasteiger partial charge >= 0.3 is 0 Å². The van der Waals surface area contributed by atoms with Crippen LogP contribution in [-0.4, -0.2) is 34.6 Å². The Morgan fingerprint density at radius 3 is 2.73 bits per heavy atom. The van der Waals surface area contributed by atoms with Crippen LogP contribution in [0, 0.1) is 3.57 Å². The topological polar surface area (TPSA) is 87.6 Å². The number of anilines is 1. The minimum absolute atomic E-state index is 0.201. The summed E-state index contributed by atoms with van der Waals surface area (Å²) in [5, 5.41) is 11.3. The van der Waals surface area contributed by atoms with Crippen LogP contribution in [0.15, 0.2) is 17.5 Å². The van der Waals surface area contributed by atoms with Crippen LogP contribution >= 0.6 is 22.6 Å². The predicted octanol–water partition coefficient (Wildman–Crippen LogP) is 0.654. The summed E-state index contributed by atoms with van der Waals surface area (Å²) in [6.45, 7) is 0.608. The molecular weight excluding hydrogens is 309 g/mol. The van der Waals surface area contributed by atoms with Crippen LogP contribution in [0.1, 0.15) is 6.42 Å². The molecule has 15 heavy (non-hydrogen) atoms. The largest absolute Gasteiger partial charge is 0.409 e. The van der Waals surface area contributed by atoms with Crippen molar-refractivity contribution in [3.8, 4) is 0 Å². The van der Waals surface area contributed by atoms with Gasteiger partial charge in [0.15, 0.2) is 0 Å². The van der Waals surface area contributed by atoms with Crippen molar-refractivity contribution in [2.45, 2.75) is 6.42 Å². The molecule has 0 fully saturated rings. The van der Waals surface area contributed by atoms with Crippen LogP contribution < -0.4 is 10.6 Å². The molecule has 0 amide bonds. The summed E-state index contributed by atoms with van der Waals surface area (Å²) in [6.07, 6.45) is 3.95. The third-order valence-corrected chi connectivity index (χ3v) is 2.34. The molecule has 82 valence electrons. The highest BCUT2D eigenvalue weighted by atomic mass is 127. The lowest BCUT2D eigenvalue weighted by atomic mass is 10.4. The van der Waals surface area contributed by atoms with Gasteiger partial charge in [0.2, 0.25) is 5.95 Å². The maximum atomic E-state index is 8.37. The van der Waals surface area contributed by atoms with E-state index < -0.39 is 0 Å². The van der Waals surface area contributed by atoms with Gasteiger partial charge in [-0.05, 0) is 22.6 Å². The molecule has 0 bridgehead atoms. The van der Waals surface area contributed by atoms with Crippen molar-refractivity contribution in [2.75, 3.05) is 18.5 Å². The number of hydrogen-bond acceptors (Lipinski definition) is 5. The molecule has 0 atom stereocenters. The van der Waals surface area contributed by atoms with Gasteiger partial charge in [0.25, 0.3) is 0 Å². The molecule has 6 nitrogen and oxygen atoms in total. The van der Waals surface area contributed by atoms with Crippen molar-refractivity contribution < 1.29 is 5.21 Å². The van der Waals surface area contributed by atoms with Crippen molar-refractivity contribution in [2.24, 2.45) is 10.9 Å². The molecule has 0 aliphatic heterocycles. The molecule has 0 unspecified atom stereocenters. The maximum absolute atomic E-state index is 8.37. The third-order valence-electron chi connectivity index (χ3n) is 1.78. The van der Waals surface area contributed by atoms with Gasteiger partial charge in [-0.1, -0.05) is 5.16 Å². The van der Waals surface area contributed by atoms with E-state index in [9.17, 15) is 0 Å². The molecule has 0 radical (unpaired) electrons. The van der Waals surface area contributed by atoms with E-state index in [1.165, 1.54) is 0 Å². The van der Waals surface area contributed by atoms with E-state index in [-0.39, 0.29) is 5.84 Å². The smallest absolute Gasteiger partial charge is 0.225 e. The molecule has 0 saturated heterocycles. The Bertz CT molecular complexity index is 339. The van der Waals surface area contributed by atoms with Crippen LogP contribution in [0.4, 0.5) is 5.95 Å². The van der Waals surface area contributed by atoms with Crippen LogP contribution in [0.25, 0.3) is 0 Å². The lowest BCUT2D eigenvalue weighted by Gasteiger charge is -2.15. The first-order chi connectivity index (χ1) is 7.13. The molecule has 0 aliphatic rings. The lowest BCUT2D eigenvalue weighted by Crippen LogP contribution is -2.25. The summed E-state index contributed by atoms with van der Waals surface area (Å²) in [7, 11) is 1.85. The summed E-state index contributed by atoms with van der Waals surface area (Å²) in [5.74, 6) is 0.827. The average molecular weight is 321 g/mol. The number of oxime groups is 1. The van der Waals surface area contributed by atoms with Crippen molar-refractivity contribution in [3.63, 3.8) is 0 Å². The van der Waals surface area contributed by atoms with Gasteiger partial charge in [-0.25, -0.2) is 9.97 Å². The second-order valence-corrected chi connectivity index (χ2v) is 4.21. The number of nitrogens with two attached hydrogens (primary N) is 1. The van der Waals surface area contributed by atoms with Gasteiger partial charge in [-0.15, -0.1) is 0 Å². The van der Waals surface area contributed by atoms with E-state index in [0.29, 0.717) is 18.9 Å². The Hall–Kier alpha value is -1.12. The van der Waals surface area contributed by atoms with Gasteiger partial charge in [0.1, 0.15) is 5.84 Å². The first kappa shape index (κ1) is 12.0. The Morgan fingerprint density at radius 1 is 1.60 bits per heavy atom. The predicted molar refractivity (Wildman–Crippen MR) is 66.0 cm³/mol. The molecule has 0 spiro atoms. The fourth-order valence-corrected chi connectivity index (χ4v) is 1.21. The molecule has 7 heteroatoms. The third kappa shape index (κ3) is 3.86. The van der Waals surface area contributed by atoms with Crippen molar-refractivity contribution >= 4 is 34.4 Å². The van der Waals surface area contributed by atoms with E-state index in [1.807, 2.05) is 11.9 Å². The number of rotatable bonds is 4. The van der Waals surface area contributed by atoms with Crippen LogP contribution in [-0.2, 0) is 0 Å². The minimum atomic E-state index is 0.201. The van der Waals surface area contributed by atoms with Crippen LogP contribution in [0.3, 0.4) is 0 Å². The minimum Gasteiger partial charge on any atom is -0.409 e. The molecule has 1 aromatic rings. The summed E-state index contributed by atoms with van der Waals surface area (Å²) < 4.78 is 0.987. The second kappa shape index (κ2) is 5.69. The van der Waals surface area contributed by atoms with Crippen molar-refractivity contribution in [1.82, 2.24) is 9.97 Å². The number of aromatic nitrogens is 2. The molecule has 1 aromatic heterocycles.